The van der Waals surface area contributed by atoms with Crippen molar-refractivity contribution in [3.8, 4) is 11.3 Å². The molecule has 0 saturated heterocycles. The van der Waals surface area contributed by atoms with Gasteiger partial charge in [0.1, 0.15) is 5.82 Å². The van der Waals surface area contributed by atoms with Crippen LogP contribution in [0, 0.1) is 11.7 Å². The maximum Gasteiger partial charge on any atom is 0.123 e. The Kier molecular flexibility index (Phi) is 2.48. The normalized spacial score (nSPS) is 18.8. The minimum Gasteiger partial charge on any atom is -0.390 e. The first kappa shape index (κ1) is 11.4. The number of aliphatic hydroxyl groups excluding tert-OH is 1. The molecule has 1 aromatic carbocycles. The van der Waals surface area contributed by atoms with Crippen LogP contribution in [0.1, 0.15) is 25.5 Å². The molecule has 18 heavy (non-hydrogen) atoms. The van der Waals surface area contributed by atoms with E-state index in [1.54, 1.807) is 18.6 Å². The second-order valence-electron chi connectivity index (χ2n) is 5.10. The van der Waals surface area contributed by atoms with E-state index in [-0.39, 0.29) is 17.8 Å². The largest absolute Gasteiger partial charge is 0.390 e. The van der Waals surface area contributed by atoms with Gasteiger partial charge in [-0.05, 0) is 23.6 Å². The van der Waals surface area contributed by atoms with Gasteiger partial charge in [0.05, 0.1) is 30.4 Å². The van der Waals surface area contributed by atoms with Crippen LogP contribution in [0.15, 0.2) is 30.7 Å². The lowest BCUT2D eigenvalue weighted by Crippen LogP contribution is -2.27. The van der Waals surface area contributed by atoms with Crippen molar-refractivity contribution in [2.45, 2.75) is 26.0 Å². The van der Waals surface area contributed by atoms with Crippen LogP contribution in [-0.2, 0) is 0 Å². The van der Waals surface area contributed by atoms with E-state index in [0.29, 0.717) is 0 Å². The molecule has 0 aliphatic carbocycles. The zero-order chi connectivity index (χ0) is 12.9. The van der Waals surface area contributed by atoms with Crippen molar-refractivity contribution in [3.63, 3.8) is 0 Å². The Bertz CT molecular complexity index is 591. The fraction of sp³-hybridized carbons (Fsp3) is 0.357. The molecule has 0 unspecified atom stereocenters. The molecule has 1 aliphatic heterocycles. The van der Waals surface area contributed by atoms with E-state index in [0.717, 1.165) is 16.8 Å². The molecule has 2 atom stereocenters. The summed E-state index contributed by atoms with van der Waals surface area (Å²) in [6, 6.07) is 4.54. The first-order valence-corrected chi connectivity index (χ1v) is 6.09. The van der Waals surface area contributed by atoms with Crippen molar-refractivity contribution in [2.24, 2.45) is 5.92 Å². The van der Waals surface area contributed by atoms with Gasteiger partial charge in [-0.2, -0.15) is 0 Å². The number of aromatic nitrogens is 2. The van der Waals surface area contributed by atoms with Gasteiger partial charge in [-0.1, -0.05) is 19.9 Å². The average Bonchev–Trinajstić information content (AvgIpc) is 2.88. The van der Waals surface area contributed by atoms with Crippen LogP contribution in [0.3, 0.4) is 0 Å². The minimum atomic E-state index is -0.510. The third-order valence-corrected chi connectivity index (χ3v) is 3.58. The van der Waals surface area contributed by atoms with Gasteiger partial charge in [0.25, 0.3) is 0 Å². The van der Waals surface area contributed by atoms with Gasteiger partial charge in [-0.3, -0.25) is 0 Å². The maximum absolute atomic E-state index is 13.4. The lowest BCUT2D eigenvalue weighted by molar-refractivity contribution is 0.0879. The highest BCUT2D eigenvalue weighted by Crippen LogP contribution is 2.42. The maximum atomic E-state index is 13.4. The Morgan fingerprint density at radius 3 is 2.89 bits per heavy atom. The zero-order valence-electron chi connectivity index (χ0n) is 10.3. The van der Waals surface area contributed by atoms with Crippen molar-refractivity contribution in [1.29, 1.82) is 0 Å². The number of imidazole rings is 1. The highest BCUT2D eigenvalue weighted by Gasteiger charge is 2.34. The molecule has 0 amide bonds. The van der Waals surface area contributed by atoms with Crippen molar-refractivity contribution >= 4 is 0 Å². The summed E-state index contributed by atoms with van der Waals surface area (Å²) in [5.74, 6) is -0.137. The molecule has 0 spiro atoms. The number of hydrogen-bond acceptors (Lipinski definition) is 2. The number of nitrogens with zero attached hydrogens (tertiary/aromatic N) is 2. The molecule has 0 radical (unpaired) electrons. The fourth-order valence-corrected chi connectivity index (χ4v) is 2.61. The number of rotatable bonds is 2. The molecule has 1 aromatic heterocycles. The SMILES string of the molecule is CC(C)[C@H](O)[C@@H]1c2ccc(F)cc2-c2cncn21. The van der Waals surface area contributed by atoms with E-state index < -0.39 is 6.10 Å². The quantitative estimate of drug-likeness (QED) is 0.884. The first-order chi connectivity index (χ1) is 8.59. The number of benzene rings is 1. The van der Waals surface area contributed by atoms with E-state index in [4.69, 9.17) is 0 Å². The molecule has 0 bridgehead atoms. The van der Waals surface area contributed by atoms with Crippen molar-refractivity contribution < 1.29 is 9.50 Å². The van der Waals surface area contributed by atoms with E-state index >= 15 is 0 Å². The van der Waals surface area contributed by atoms with Crippen LogP contribution in [0.5, 0.6) is 0 Å². The van der Waals surface area contributed by atoms with Crippen LogP contribution in [0.2, 0.25) is 0 Å². The van der Waals surface area contributed by atoms with E-state index in [2.05, 4.69) is 4.98 Å². The number of hydrogen-bond donors (Lipinski definition) is 1. The summed E-state index contributed by atoms with van der Waals surface area (Å²) in [6.45, 7) is 3.95. The Balaban J connectivity index is 2.19. The molecule has 2 heterocycles. The molecule has 0 saturated carbocycles. The van der Waals surface area contributed by atoms with Gasteiger partial charge in [0.15, 0.2) is 0 Å². The predicted molar refractivity (Wildman–Crippen MR) is 66.6 cm³/mol. The summed E-state index contributed by atoms with van der Waals surface area (Å²) < 4.78 is 15.3. The van der Waals surface area contributed by atoms with Crippen molar-refractivity contribution in [2.75, 3.05) is 0 Å². The monoisotopic (exact) mass is 246 g/mol. The predicted octanol–water partition coefficient (Wildman–Crippen LogP) is 2.61. The second kappa shape index (κ2) is 3.92. The number of aliphatic hydroxyl groups is 1. The summed E-state index contributed by atoms with van der Waals surface area (Å²) in [6.07, 6.45) is 2.90. The lowest BCUT2D eigenvalue weighted by Gasteiger charge is -2.24. The van der Waals surface area contributed by atoms with Gasteiger partial charge in [-0.15, -0.1) is 0 Å². The molecular formula is C14H15FN2O. The smallest absolute Gasteiger partial charge is 0.123 e. The molecule has 1 aliphatic rings. The Labute approximate surface area is 105 Å². The summed E-state index contributed by atoms with van der Waals surface area (Å²) in [5, 5.41) is 10.4. The highest BCUT2D eigenvalue weighted by molar-refractivity contribution is 5.69. The third kappa shape index (κ3) is 1.49. The van der Waals surface area contributed by atoms with E-state index in [1.807, 2.05) is 18.4 Å². The van der Waals surface area contributed by atoms with Gasteiger partial charge >= 0.3 is 0 Å². The summed E-state index contributed by atoms with van der Waals surface area (Å²) in [7, 11) is 0. The van der Waals surface area contributed by atoms with Crippen LogP contribution < -0.4 is 0 Å². The first-order valence-electron chi connectivity index (χ1n) is 6.09. The van der Waals surface area contributed by atoms with Crippen LogP contribution in [0.4, 0.5) is 4.39 Å². The highest BCUT2D eigenvalue weighted by atomic mass is 19.1. The summed E-state index contributed by atoms with van der Waals surface area (Å²) >= 11 is 0. The van der Waals surface area contributed by atoms with Gasteiger partial charge in [0, 0.05) is 5.56 Å². The van der Waals surface area contributed by atoms with Crippen molar-refractivity contribution in [1.82, 2.24) is 9.55 Å². The van der Waals surface area contributed by atoms with Crippen LogP contribution in [-0.4, -0.2) is 20.8 Å². The Morgan fingerprint density at radius 1 is 1.39 bits per heavy atom. The molecule has 3 nitrogen and oxygen atoms in total. The minimum absolute atomic E-state index is 0.126. The molecule has 4 heteroatoms. The van der Waals surface area contributed by atoms with Gasteiger partial charge in [0.2, 0.25) is 0 Å². The van der Waals surface area contributed by atoms with Crippen LogP contribution >= 0.6 is 0 Å². The van der Waals surface area contributed by atoms with E-state index in [9.17, 15) is 9.50 Å². The summed E-state index contributed by atoms with van der Waals surface area (Å²) in [5.41, 5.74) is 2.67. The average molecular weight is 246 g/mol. The molecule has 1 N–H and O–H groups in total. The fourth-order valence-electron chi connectivity index (χ4n) is 2.61. The van der Waals surface area contributed by atoms with Gasteiger partial charge < -0.3 is 9.67 Å². The van der Waals surface area contributed by atoms with Crippen LogP contribution in [0.25, 0.3) is 11.3 Å². The molecule has 0 fully saturated rings. The zero-order valence-corrected chi connectivity index (χ0v) is 10.3. The van der Waals surface area contributed by atoms with Gasteiger partial charge in [-0.25, -0.2) is 9.37 Å². The molecule has 3 rings (SSSR count). The summed E-state index contributed by atoms with van der Waals surface area (Å²) in [4.78, 5) is 4.09. The van der Waals surface area contributed by atoms with E-state index in [1.165, 1.54) is 12.1 Å². The third-order valence-electron chi connectivity index (χ3n) is 3.58. The second-order valence-corrected chi connectivity index (χ2v) is 5.10. The van der Waals surface area contributed by atoms with Crippen molar-refractivity contribution in [3.05, 3.63) is 42.1 Å². The topological polar surface area (TPSA) is 38.1 Å². The molecular weight excluding hydrogens is 231 g/mol. The number of halogens is 1. The lowest BCUT2D eigenvalue weighted by atomic mass is 9.93. The molecule has 94 valence electrons. The Morgan fingerprint density at radius 2 is 2.17 bits per heavy atom. The Hall–Kier alpha value is -1.68. The standard InChI is InChI=1S/C14H15FN2O/c1-8(2)14(18)13-10-4-3-9(15)5-11(10)12-6-16-7-17(12)13/h3-8,13-14,18H,1-2H3/t13-,14-/m0/s1. The number of fused-ring (bicyclic) bond motifs is 3. The molecule has 2 aromatic rings.